The van der Waals surface area contributed by atoms with Crippen LogP contribution in [0, 0.1) is 17.5 Å². The van der Waals surface area contributed by atoms with Crippen molar-refractivity contribution in [3.63, 3.8) is 0 Å². The number of nitrogens with two attached hydrogens (primary N) is 1. The van der Waals surface area contributed by atoms with Crippen LogP contribution in [0.3, 0.4) is 0 Å². The molecular weight excluding hydrogens is 449 g/mol. The number of amides is 2. The van der Waals surface area contributed by atoms with Crippen LogP contribution in [0.5, 0.6) is 5.75 Å². The highest BCUT2D eigenvalue weighted by molar-refractivity contribution is 5.95. The number of amidine groups is 2. The van der Waals surface area contributed by atoms with Gasteiger partial charge in [-0.15, -0.1) is 0 Å². The van der Waals surface area contributed by atoms with E-state index in [4.69, 9.17) is 10.5 Å². The summed E-state index contributed by atoms with van der Waals surface area (Å²) in [6.07, 6.45) is 1.44. The van der Waals surface area contributed by atoms with E-state index in [2.05, 4.69) is 15.1 Å². The Morgan fingerprint density at radius 1 is 1.12 bits per heavy atom. The molecular formula is C23H23F3N6O2. The monoisotopic (exact) mass is 472 g/mol. The third kappa shape index (κ3) is 5.19. The fourth-order valence-electron chi connectivity index (χ4n) is 3.76. The van der Waals surface area contributed by atoms with E-state index in [0.29, 0.717) is 29.3 Å². The Hall–Kier alpha value is -3.89. The van der Waals surface area contributed by atoms with Crippen molar-refractivity contribution in [1.29, 1.82) is 0 Å². The van der Waals surface area contributed by atoms with Crippen molar-refractivity contribution in [2.45, 2.75) is 32.4 Å². The normalized spacial score (nSPS) is 18.9. The number of nitrogens with zero attached hydrogens (tertiary/aromatic N) is 5. The van der Waals surface area contributed by atoms with Gasteiger partial charge in [-0.25, -0.2) is 33.0 Å². The number of benzene rings is 2. The molecule has 0 bridgehead atoms. The van der Waals surface area contributed by atoms with Crippen LogP contribution < -0.4 is 10.5 Å². The molecule has 11 heteroatoms. The number of likely N-dealkylation sites (tertiary alicyclic amines) is 1. The van der Waals surface area contributed by atoms with Gasteiger partial charge >= 0.3 is 6.03 Å². The fraction of sp³-hybridized carbons (Fsp3) is 0.304. The number of rotatable bonds is 4. The molecule has 2 aromatic carbocycles. The Bertz CT molecular complexity index is 1170. The van der Waals surface area contributed by atoms with E-state index in [0.717, 1.165) is 6.07 Å². The van der Waals surface area contributed by atoms with Gasteiger partial charge in [0.15, 0.2) is 11.6 Å². The number of carbonyl (C=O) groups excluding carboxylic acids is 1. The maximum Gasteiger partial charge on any atom is 0.341 e. The Labute approximate surface area is 194 Å². The first kappa shape index (κ1) is 23.3. The minimum Gasteiger partial charge on any atom is -0.484 e. The van der Waals surface area contributed by atoms with Crippen molar-refractivity contribution in [3.05, 3.63) is 59.4 Å². The molecule has 178 valence electrons. The molecule has 4 rings (SSSR count). The smallest absolute Gasteiger partial charge is 0.341 e. The predicted octanol–water partition coefficient (Wildman–Crippen LogP) is 4.15. The van der Waals surface area contributed by atoms with Crippen molar-refractivity contribution in [2.24, 2.45) is 20.8 Å². The maximum atomic E-state index is 14.3. The zero-order chi connectivity index (χ0) is 24.4. The van der Waals surface area contributed by atoms with Gasteiger partial charge in [-0.05, 0) is 43.7 Å². The lowest BCUT2D eigenvalue weighted by Crippen LogP contribution is -2.58. The zero-order valence-corrected chi connectivity index (χ0v) is 18.6. The Kier molecular flexibility index (Phi) is 6.53. The van der Waals surface area contributed by atoms with Crippen LogP contribution in [0.25, 0.3) is 0 Å². The van der Waals surface area contributed by atoms with E-state index in [1.807, 2.05) is 0 Å². The Morgan fingerprint density at radius 3 is 2.50 bits per heavy atom. The summed E-state index contributed by atoms with van der Waals surface area (Å²) in [7, 11) is 0. The van der Waals surface area contributed by atoms with Gasteiger partial charge in [-0.3, -0.25) is 0 Å². The van der Waals surface area contributed by atoms with Gasteiger partial charge in [0.2, 0.25) is 0 Å². The number of aliphatic imine (C=N–C) groups is 2. The third-order valence-corrected chi connectivity index (χ3v) is 5.25. The minimum absolute atomic E-state index is 0.00639. The molecule has 8 nitrogen and oxygen atoms in total. The molecule has 2 aromatic rings. The van der Waals surface area contributed by atoms with Gasteiger partial charge in [0.25, 0.3) is 0 Å². The molecule has 2 N–H and O–H groups in total. The molecule has 1 saturated heterocycles. The summed E-state index contributed by atoms with van der Waals surface area (Å²) in [5.41, 5.74) is 6.30. The summed E-state index contributed by atoms with van der Waals surface area (Å²) >= 11 is 0. The van der Waals surface area contributed by atoms with E-state index in [1.54, 1.807) is 13.8 Å². The SMILES string of the molecule is CC(N)=NC(C)=Nc1ccc(F)c(OC2CN(C(=O)N3N=CCC3c3cc(F)cc(F)c3)C2)c1. The van der Waals surface area contributed by atoms with Crippen molar-refractivity contribution < 1.29 is 22.7 Å². The van der Waals surface area contributed by atoms with Crippen LogP contribution in [0.1, 0.15) is 31.9 Å². The largest absolute Gasteiger partial charge is 0.484 e. The van der Waals surface area contributed by atoms with Crippen LogP contribution in [0.2, 0.25) is 0 Å². The van der Waals surface area contributed by atoms with Crippen LogP contribution in [-0.2, 0) is 0 Å². The standard InChI is InChI=1S/C23H23F3N6O2/c1-13(27)29-14(2)30-18-3-4-20(26)22(10-18)34-19-11-31(12-19)23(33)32-21(5-6-28-32)15-7-16(24)9-17(25)8-15/h3-4,6-10,19,21H,5,11-12H2,1-2H3,(H2,27,29,30). The molecule has 2 heterocycles. The van der Waals surface area contributed by atoms with E-state index < -0.39 is 35.6 Å². The Balaban J connectivity index is 1.39. The number of ether oxygens (including phenoxy) is 1. The first-order valence-corrected chi connectivity index (χ1v) is 10.6. The molecule has 0 radical (unpaired) electrons. The summed E-state index contributed by atoms with van der Waals surface area (Å²) in [5.74, 6) is -1.23. The first-order chi connectivity index (χ1) is 16.2. The van der Waals surface area contributed by atoms with Crippen LogP contribution in [-0.4, -0.2) is 53.0 Å². The highest BCUT2D eigenvalue weighted by Gasteiger charge is 2.39. The molecule has 0 saturated carbocycles. The highest BCUT2D eigenvalue weighted by atomic mass is 19.1. The topological polar surface area (TPSA) is 95.9 Å². The number of hydrazone groups is 1. The fourth-order valence-corrected chi connectivity index (χ4v) is 3.76. The molecule has 1 unspecified atom stereocenters. The second-order valence-corrected chi connectivity index (χ2v) is 8.05. The molecule has 34 heavy (non-hydrogen) atoms. The molecule has 2 aliphatic rings. The number of halogens is 3. The van der Waals surface area contributed by atoms with Crippen molar-refractivity contribution in [1.82, 2.24) is 9.91 Å². The highest BCUT2D eigenvalue weighted by Crippen LogP contribution is 2.32. The number of carbonyl (C=O) groups is 1. The molecule has 0 aromatic heterocycles. The van der Waals surface area contributed by atoms with Crippen LogP contribution in [0.4, 0.5) is 23.7 Å². The van der Waals surface area contributed by atoms with Crippen LogP contribution >= 0.6 is 0 Å². The minimum atomic E-state index is -0.722. The maximum absolute atomic E-state index is 14.3. The third-order valence-electron chi connectivity index (χ3n) is 5.25. The van der Waals surface area contributed by atoms with Gasteiger partial charge in [0, 0.05) is 24.8 Å². The molecule has 2 amide bonds. The van der Waals surface area contributed by atoms with E-state index in [9.17, 15) is 18.0 Å². The molecule has 0 aliphatic carbocycles. The number of hydrogen-bond donors (Lipinski definition) is 1. The van der Waals surface area contributed by atoms with Gasteiger partial charge < -0.3 is 15.4 Å². The van der Waals surface area contributed by atoms with Gasteiger partial charge in [-0.1, -0.05) is 0 Å². The number of urea groups is 1. The predicted molar refractivity (Wildman–Crippen MR) is 122 cm³/mol. The molecule has 1 atom stereocenters. The Morgan fingerprint density at radius 2 is 1.82 bits per heavy atom. The number of hydrogen-bond acceptors (Lipinski definition) is 4. The van der Waals surface area contributed by atoms with Crippen molar-refractivity contribution in [3.8, 4) is 5.75 Å². The summed E-state index contributed by atoms with van der Waals surface area (Å²) in [4.78, 5) is 22.6. The summed E-state index contributed by atoms with van der Waals surface area (Å²) in [6.45, 7) is 3.71. The average Bonchev–Trinajstić information content (AvgIpc) is 3.20. The van der Waals surface area contributed by atoms with Crippen molar-refractivity contribution >= 4 is 29.6 Å². The van der Waals surface area contributed by atoms with Crippen LogP contribution in [0.15, 0.2) is 51.5 Å². The molecule has 2 aliphatic heterocycles. The summed E-state index contributed by atoms with van der Waals surface area (Å²) in [5, 5.41) is 5.27. The average molecular weight is 472 g/mol. The lowest BCUT2D eigenvalue weighted by atomic mass is 10.0. The lowest BCUT2D eigenvalue weighted by molar-refractivity contribution is 0.0257. The van der Waals surface area contributed by atoms with E-state index in [1.165, 1.54) is 46.5 Å². The first-order valence-electron chi connectivity index (χ1n) is 10.6. The lowest BCUT2D eigenvalue weighted by Gasteiger charge is -2.41. The quantitative estimate of drug-likeness (QED) is 0.535. The van der Waals surface area contributed by atoms with E-state index in [-0.39, 0.29) is 18.8 Å². The van der Waals surface area contributed by atoms with Gasteiger partial charge in [0.05, 0.1) is 30.7 Å². The summed E-state index contributed by atoms with van der Waals surface area (Å²) < 4.78 is 47.2. The molecule has 1 fully saturated rings. The molecule has 0 spiro atoms. The zero-order valence-electron chi connectivity index (χ0n) is 18.6. The van der Waals surface area contributed by atoms with Gasteiger partial charge in [0.1, 0.15) is 23.6 Å². The van der Waals surface area contributed by atoms with E-state index >= 15 is 0 Å². The van der Waals surface area contributed by atoms with Gasteiger partial charge in [-0.2, -0.15) is 5.10 Å². The van der Waals surface area contributed by atoms with Crippen molar-refractivity contribution in [2.75, 3.05) is 13.1 Å². The summed E-state index contributed by atoms with van der Waals surface area (Å²) in [6, 6.07) is 6.30. The second-order valence-electron chi connectivity index (χ2n) is 8.05. The second kappa shape index (κ2) is 9.54.